The van der Waals surface area contributed by atoms with Gasteiger partial charge >= 0.3 is 0 Å². The minimum atomic E-state index is 0.111. The first-order chi connectivity index (χ1) is 18.0. The highest BCUT2D eigenvalue weighted by atomic mass is 32.1. The van der Waals surface area contributed by atoms with Crippen LogP contribution in [0.3, 0.4) is 0 Å². The molecule has 0 bridgehead atoms. The van der Waals surface area contributed by atoms with E-state index in [1.807, 2.05) is 33.9 Å². The molecule has 1 saturated heterocycles. The van der Waals surface area contributed by atoms with Gasteiger partial charge in [-0.25, -0.2) is 0 Å². The average Bonchev–Trinajstić information content (AvgIpc) is 3.56. The number of rotatable bonds is 9. The Bertz CT molecular complexity index is 834. The van der Waals surface area contributed by atoms with Crippen LogP contribution in [0.5, 0.6) is 0 Å². The van der Waals surface area contributed by atoms with Crippen molar-refractivity contribution in [2.75, 3.05) is 6.54 Å². The second kappa shape index (κ2) is 16.0. The van der Waals surface area contributed by atoms with Gasteiger partial charge in [0.1, 0.15) is 0 Å². The molecule has 2 heterocycles. The summed E-state index contributed by atoms with van der Waals surface area (Å²) in [5.41, 5.74) is 4.16. The fourth-order valence-electron chi connectivity index (χ4n) is 6.30. The molecule has 1 aromatic rings. The van der Waals surface area contributed by atoms with Crippen LogP contribution >= 0.6 is 12.6 Å². The SMILES string of the molecule is C=C(NC(S)C1(C)CCCC(C)(c2ccnn2CC)CCC1)C1CC(C)CN1C(=C)C(C)CC.CC.CC. The van der Waals surface area contributed by atoms with Crippen molar-refractivity contribution in [1.82, 2.24) is 20.0 Å². The summed E-state index contributed by atoms with van der Waals surface area (Å²) < 4.78 is 2.19. The van der Waals surface area contributed by atoms with Gasteiger partial charge < -0.3 is 10.2 Å². The zero-order valence-corrected chi connectivity index (χ0v) is 27.6. The van der Waals surface area contributed by atoms with Gasteiger partial charge in [-0.3, -0.25) is 4.68 Å². The summed E-state index contributed by atoms with van der Waals surface area (Å²) in [6.45, 7) is 32.9. The molecule has 2 aliphatic rings. The van der Waals surface area contributed by atoms with Gasteiger partial charge in [0, 0.05) is 41.8 Å². The largest absolute Gasteiger partial charge is 0.375 e. The average molecular weight is 547 g/mol. The monoisotopic (exact) mass is 546 g/mol. The Hall–Kier alpha value is -1.36. The molecule has 0 spiro atoms. The summed E-state index contributed by atoms with van der Waals surface area (Å²) >= 11 is 5.14. The Morgan fingerprint density at radius 2 is 1.68 bits per heavy atom. The van der Waals surface area contributed by atoms with Gasteiger partial charge in [-0.1, -0.05) is 88.3 Å². The minimum Gasteiger partial charge on any atom is -0.375 e. The molecule has 0 aromatic carbocycles. The predicted molar refractivity (Wildman–Crippen MR) is 172 cm³/mol. The van der Waals surface area contributed by atoms with Crippen molar-refractivity contribution < 1.29 is 0 Å². The van der Waals surface area contributed by atoms with Crippen molar-refractivity contribution in [2.24, 2.45) is 17.3 Å². The molecule has 1 saturated carbocycles. The van der Waals surface area contributed by atoms with Crippen molar-refractivity contribution in [3.8, 4) is 0 Å². The van der Waals surface area contributed by atoms with Crippen LogP contribution in [-0.2, 0) is 12.0 Å². The highest BCUT2D eigenvalue weighted by Gasteiger charge is 2.39. The van der Waals surface area contributed by atoms with Crippen LogP contribution in [0.4, 0.5) is 0 Å². The lowest BCUT2D eigenvalue weighted by atomic mass is 9.69. The maximum Gasteiger partial charge on any atom is 0.0744 e. The first-order valence-corrected chi connectivity index (χ1v) is 16.2. The van der Waals surface area contributed by atoms with E-state index in [0.717, 1.165) is 31.6 Å². The third kappa shape index (κ3) is 8.32. The van der Waals surface area contributed by atoms with Crippen LogP contribution in [0.15, 0.2) is 36.8 Å². The number of allylic oxidation sites excluding steroid dienone is 1. The molecule has 4 atom stereocenters. The van der Waals surface area contributed by atoms with Crippen molar-refractivity contribution in [3.63, 3.8) is 0 Å². The summed E-state index contributed by atoms with van der Waals surface area (Å²) in [6.07, 6.45) is 11.4. The Morgan fingerprint density at radius 3 is 2.21 bits per heavy atom. The molecule has 1 aliphatic carbocycles. The first-order valence-electron chi connectivity index (χ1n) is 15.7. The van der Waals surface area contributed by atoms with Gasteiger partial charge in [0.2, 0.25) is 0 Å². The molecular weight excluding hydrogens is 484 g/mol. The molecule has 38 heavy (non-hydrogen) atoms. The molecule has 5 heteroatoms. The molecule has 2 fully saturated rings. The number of nitrogens with zero attached hydrogens (tertiary/aromatic N) is 3. The van der Waals surface area contributed by atoms with Gasteiger partial charge in [-0.2, -0.15) is 17.7 Å². The molecule has 220 valence electrons. The fourth-order valence-corrected chi connectivity index (χ4v) is 6.72. The maximum atomic E-state index is 5.14. The van der Waals surface area contributed by atoms with Crippen molar-refractivity contribution >= 4 is 12.6 Å². The lowest BCUT2D eigenvalue weighted by Gasteiger charge is -2.42. The molecule has 4 nitrogen and oxygen atoms in total. The van der Waals surface area contributed by atoms with Crippen LogP contribution in [0.25, 0.3) is 0 Å². The van der Waals surface area contributed by atoms with E-state index in [4.69, 9.17) is 12.6 Å². The number of aromatic nitrogens is 2. The van der Waals surface area contributed by atoms with Gasteiger partial charge in [-0.15, -0.1) is 0 Å². The van der Waals surface area contributed by atoms with Crippen LogP contribution < -0.4 is 5.32 Å². The Balaban J connectivity index is 0.00000172. The van der Waals surface area contributed by atoms with E-state index in [2.05, 4.69) is 80.8 Å². The van der Waals surface area contributed by atoms with E-state index in [1.54, 1.807) is 0 Å². The van der Waals surface area contributed by atoms with E-state index in [0.29, 0.717) is 17.9 Å². The highest BCUT2D eigenvalue weighted by Crippen LogP contribution is 2.45. The number of hydrogen-bond acceptors (Lipinski definition) is 4. The van der Waals surface area contributed by atoms with Crippen molar-refractivity contribution in [1.29, 1.82) is 0 Å². The second-order valence-corrected chi connectivity index (χ2v) is 12.4. The molecule has 0 amide bonds. The van der Waals surface area contributed by atoms with Crippen molar-refractivity contribution in [3.05, 3.63) is 42.5 Å². The number of aryl methyl sites for hydroxylation is 1. The summed E-state index contributed by atoms with van der Waals surface area (Å²) in [5, 5.41) is 8.44. The predicted octanol–water partition coefficient (Wildman–Crippen LogP) is 9.20. The lowest BCUT2D eigenvalue weighted by Crippen LogP contribution is -2.45. The molecule has 1 aliphatic heterocycles. The molecule has 3 rings (SSSR count). The third-order valence-corrected chi connectivity index (χ3v) is 9.78. The van der Waals surface area contributed by atoms with Gasteiger partial charge in [-0.05, 0) is 68.8 Å². The van der Waals surface area contributed by atoms with E-state index in [-0.39, 0.29) is 16.2 Å². The number of thiol groups is 1. The van der Waals surface area contributed by atoms with E-state index >= 15 is 0 Å². The zero-order valence-electron chi connectivity index (χ0n) is 26.7. The molecule has 0 radical (unpaired) electrons. The quantitative estimate of drug-likeness (QED) is 0.239. The van der Waals surface area contributed by atoms with Gasteiger partial charge in [0.05, 0.1) is 11.4 Å². The Kier molecular flexibility index (Phi) is 14.6. The van der Waals surface area contributed by atoms with Crippen molar-refractivity contribution in [2.45, 2.75) is 144 Å². The smallest absolute Gasteiger partial charge is 0.0744 e. The van der Waals surface area contributed by atoms with Crippen LogP contribution in [0, 0.1) is 17.3 Å². The summed E-state index contributed by atoms with van der Waals surface area (Å²) in [4.78, 5) is 2.51. The van der Waals surface area contributed by atoms with E-state index < -0.39 is 0 Å². The van der Waals surface area contributed by atoms with Crippen LogP contribution in [-0.4, -0.2) is 32.6 Å². The van der Waals surface area contributed by atoms with Gasteiger partial charge in [0.15, 0.2) is 0 Å². The Labute approximate surface area is 242 Å². The van der Waals surface area contributed by atoms with Crippen LogP contribution in [0.1, 0.15) is 126 Å². The minimum absolute atomic E-state index is 0.111. The third-order valence-electron chi connectivity index (χ3n) is 9.03. The molecule has 1 aromatic heterocycles. The topological polar surface area (TPSA) is 33.1 Å². The van der Waals surface area contributed by atoms with Gasteiger partial charge in [0.25, 0.3) is 0 Å². The van der Waals surface area contributed by atoms with E-state index in [1.165, 1.54) is 49.9 Å². The molecule has 4 unspecified atom stereocenters. The normalized spacial score (nSPS) is 29.0. The zero-order chi connectivity index (χ0) is 29.1. The first kappa shape index (κ1) is 34.7. The summed E-state index contributed by atoms with van der Waals surface area (Å²) in [5.74, 6) is 1.17. The standard InChI is InChI=1S/C29H50N4S.2C2H6/c1-9-22(4)24(6)32-20-21(3)19-25(32)23(5)31-27(34)29(8)16-11-14-28(7,15-12-17-29)26-13-18-30-33(26)10-2;2*1-2/h13,18,21-22,25,27,31,34H,5-6,9-12,14-17,19-20H2,1-4,7-8H3;2*1-2H3. The molecular formula is C33H62N4S. The summed E-state index contributed by atoms with van der Waals surface area (Å²) in [7, 11) is 0. The summed E-state index contributed by atoms with van der Waals surface area (Å²) in [6, 6.07) is 2.56. The van der Waals surface area contributed by atoms with E-state index in [9.17, 15) is 0 Å². The number of nitrogens with one attached hydrogen (secondary N) is 1. The second-order valence-electron chi connectivity index (χ2n) is 11.8. The Morgan fingerprint density at radius 1 is 1.11 bits per heavy atom. The fraction of sp³-hybridized carbons (Fsp3) is 0.788. The maximum absolute atomic E-state index is 5.14. The molecule has 1 N–H and O–H groups in total. The number of likely N-dealkylation sites (tertiary alicyclic amines) is 1. The lowest BCUT2D eigenvalue weighted by molar-refractivity contribution is 0.181. The van der Waals surface area contributed by atoms with Crippen LogP contribution in [0.2, 0.25) is 0 Å². The number of hydrogen-bond donors (Lipinski definition) is 2. The highest BCUT2D eigenvalue weighted by molar-refractivity contribution is 7.81.